The highest BCUT2D eigenvalue weighted by molar-refractivity contribution is 7.80. The quantitative estimate of drug-likeness (QED) is 0.878. The molecule has 21 heavy (non-hydrogen) atoms. The lowest BCUT2D eigenvalue weighted by Crippen LogP contribution is -2.56. The van der Waals surface area contributed by atoms with Gasteiger partial charge in [-0.05, 0) is 36.8 Å². The highest BCUT2D eigenvalue weighted by Gasteiger charge is 2.25. The summed E-state index contributed by atoms with van der Waals surface area (Å²) in [5, 5.41) is 4.07. The zero-order chi connectivity index (χ0) is 14.7. The lowest BCUT2D eigenvalue weighted by Gasteiger charge is -2.40. The van der Waals surface area contributed by atoms with E-state index in [4.69, 9.17) is 16.6 Å². The Kier molecular flexibility index (Phi) is 4.22. The fraction of sp³-hybridized carbons (Fsp3) is 0.312. The number of nitrogens with zero attached hydrogens (tertiary/aromatic N) is 2. The molecule has 2 heterocycles. The molecule has 0 amide bonds. The van der Waals surface area contributed by atoms with E-state index in [0.717, 1.165) is 24.2 Å². The first-order valence-electron chi connectivity index (χ1n) is 7.08. The van der Waals surface area contributed by atoms with E-state index in [1.54, 1.807) is 6.26 Å². The second-order valence-electron chi connectivity index (χ2n) is 5.23. The van der Waals surface area contributed by atoms with Crippen LogP contribution in [0.4, 0.5) is 0 Å². The molecule has 0 unspecified atom stereocenters. The van der Waals surface area contributed by atoms with Gasteiger partial charge in [-0.15, -0.1) is 0 Å². The molecule has 110 valence electrons. The Bertz CT molecular complexity index is 585. The maximum atomic E-state index is 5.42. The zero-order valence-corrected chi connectivity index (χ0v) is 12.8. The van der Waals surface area contributed by atoms with Crippen molar-refractivity contribution in [1.29, 1.82) is 0 Å². The molecule has 0 aliphatic carbocycles. The Morgan fingerprint density at radius 1 is 1.24 bits per heavy atom. The summed E-state index contributed by atoms with van der Waals surface area (Å²) in [6, 6.07) is 14.7. The van der Waals surface area contributed by atoms with Crippen molar-refractivity contribution >= 4 is 17.3 Å². The van der Waals surface area contributed by atoms with E-state index >= 15 is 0 Å². The summed E-state index contributed by atoms with van der Waals surface area (Å²) in [6.07, 6.45) is 1.69. The van der Waals surface area contributed by atoms with Gasteiger partial charge in [-0.2, -0.15) is 0 Å². The molecule has 1 fully saturated rings. The normalized spacial score (nSPS) is 17.6. The maximum absolute atomic E-state index is 5.42. The third-order valence-electron chi connectivity index (χ3n) is 3.83. The Balaban J connectivity index is 1.69. The molecule has 1 aliphatic heterocycles. The average Bonchev–Trinajstić information content (AvgIpc) is 3.03. The molecule has 1 aliphatic rings. The SMILES string of the molecule is C[C@@H](c1ccccc1)N1CNC(=S)N(Cc2ccco2)C1. The highest BCUT2D eigenvalue weighted by atomic mass is 32.1. The molecule has 0 spiro atoms. The van der Waals surface area contributed by atoms with E-state index in [1.807, 2.05) is 18.2 Å². The standard InChI is InChI=1S/C16H19N3OS/c1-13(14-6-3-2-4-7-14)19-11-17-16(21)18(12-19)10-15-8-5-9-20-15/h2-9,13H,10-12H2,1H3,(H,17,21)/t13-/m0/s1. The summed E-state index contributed by atoms with van der Waals surface area (Å²) in [6.45, 7) is 4.47. The second kappa shape index (κ2) is 6.28. The van der Waals surface area contributed by atoms with Crippen LogP contribution >= 0.6 is 12.2 Å². The van der Waals surface area contributed by atoms with E-state index in [9.17, 15) is 0 Å². The van der Waals surface area contributed by atoms with Crippen LogP contribution in [0.25, 0.3) is 0 Å². The van der Waals surface area contributed by atoms with Gasteiger partial charge in [0.2, 0.25) is 0 Å². The zero-order valence-electron chi connectivity index (χ0n) is 12.0. The van der Waals surface area contributed by atoms with Gasteiger partial charge < -0.3 is 14.6 Å². The highest BCUT2D eigenvalue weighted by Crippen LogP contribution is 2.21. The molecule has 0 saturated carbocycles. The summed E-state index contributed by atoms with van der Waals surface area (Å²) < 4.78 is 5.42. The molecule has 5 heteroatoms. The Morgan fingerprint density at radius 3 is 2.76 bits per heavy atom. The first kappa shape index (κ1) is 14.1. The third-order valence-corrected chi connectivity index (χ3v) is 4.23. The number of benzene rings is 1. The van der Waals surface area contributed by atoms with Gasteiger partial charge in [-0.25, -0.2) is 0 Å². The van der Waals surface area contributed by atoms with Crippen LogP contribution in [0, 0.1) is 0 Å². The molecule has 1 atom stereocenters. The van der Waals surface area contributed by atoms with Crippen molar-refractivity contribution in [2.75, 3.05) is 13.3 Å². The smallest absolute Gasteiger partial charge is 0.171 e. The van der Waals surface area contributed by atoms with Gasteiger partial charge in [0.05, 0.1) is 26.1 Å². The number of rotatable bonds is 4. The van der Waals surface area contributed by atoms with E-state index in [2.05, 4.69) is 46.3 Å². The minimum atomic E-state index is 0.334. The molecule has 1 aromatic carbocycles. The number of furan rings is 1. The van der Waals surface area contributed by atoms with Gasteiger partial charge in [0, 0.05) is 6.04 Å². The van der Waals surface area contributed by atoms with Crippen molar-refractivity contribution < 1.29 is 4.42 Å². The average molecular weight is 301 g/mol. The van der Waals surface area contributed by atoms with Crippen LogP contribution in [-0.4, -0.2) is 28.2 Å². The monoisotopic (exact) mass is 301 g/mol. The minimum absolute atomic E-state index is 0.334. The van der Waals surface area contributed by atoms with Crippen LogP contribution in [0.2, 0.25) is 0 Å². The Hall–Kier alpha value is -1.85. The predicted molar refractivity (Wildman–Crippen MR) is 86.4 cm³/mol. The largest absolute Gasteiger partial charge is 0.467 e. The summed E-state index contributed by atoms with van der Waals surface area (Å²) >= 11 is 5.40. The van der Waals surface area contributed by atoms with Crippen molar-refractivity contribution in [2.24, 2.45) is 0 Å². The van der Waals surface area contributed by atoms with E-state index in [0.29, 0.717) is 12.6 Å². The first-order valence-corrected chi connectivity index (χ1v) is 7.49. The van der Waals surface area contributed by atoms with E-state index in [1.165, 1.54) is 5.56 Å². The molecule has 3 rings (SSSR count). The first-order chi connectivity index (χ1) is 10.2. The van der Waals surface area contributed by atoms with Gasteiger partial charge >= 0.3 is 0 Å². The van der Waals surface area contributed by atoms with Crippen LogP contribution in [0.3, 0.4) is 0 Å². The Labute approximate surface area is 130 Å². The minimum Gasteiger partial charge on any atom is -0.467 e. The fourth-order valence-corrected chi connectivity index (χ4v) is 2.72. The number of thiocarbonyl (C=S) groups is 1. The number of nitrogens with one attached hydrogen (secondary N) is 1. The van der Waals surface area contributed by atoms with Crippen molar-refractivity contribution in [3.63, 3.8) is 0 Å². The van der Waals surface area contributed by atoms with Crippen LogP contribution in [0.15, 0.2) is 53.1 Å². The van der Waals surface area contributed by atoms with E-state index in [-0.39, 0.29) is 0 Å². The number of hydrogen-bond donors (Lipinski definition) is 1. The molecule has 0 radical (unpaired) electrons. The summed E-state index contributed by atoms with van der Waals surface area (Å²) in [5.41, 5.74) is 1.31. The van der Waals surface area contributed by atoms with Gasteiger partial charge in [0.1, 0.15) is 5.76 Å². The molecule has 1 aromatic heterocycles. The van der Waals surface area contributed by atoms with Gasteiger partial charge in [0.15, 0.2) is 5.11 Å². The second-order valence-corrected chi connectivity index (χ2v) is 5.62. The third kappa shape index (κ3) is 3.25. The molecule has 1 saturated heterocycles. The van der Waals surface area contributed by atoms with Crippen molar-refractivity contribution in [2.45, 2.75) is 19.5 Å². The number of hydrogen-bond acceptors (Lipinski definition) is 3. The van der Waals surface area contributed by atoms with Gasteiger partial charge in [0.25, 0.3) is 0 Å². The van der Waals surface area contributed by atoms with Crippen LogP contribution in [0.5, 0.6) is 0 Å². The van der Waals surface area contributed by atoms with Crippen molar-refractivity contribution in [3.8, 4) is 0 Å². The molecular formula is C16H19N3OS. The lowest BCUT2D eigenvalue weighted by atomic mass is 10.1. The predicted octanol–water partition coefficient (Wildman–Crippen LogP) is 2.95. The fourth-order valence-electron chi connectivity index (χ4n) is 2.53. The molecule has 1 N–H and O–H groups in total. The summed E-state index contributed by atoms with van der Waals surface area (Å²) in [4.78, 5) is 4.48. The molecule has 0 bridgehead atoms. The van der Waals surface area contributed by atoms with Crippen molar-refractivity contribution in [3.05, 3.63) is 60.1 Å². The summed E-state index contributed by atoms with van der Waals surface area (Å²) in [7, 11) is 0. The van der Waals surface area contributed by atoms with E-state index < -0.39 is 0 Å². The van der Waals surface area contributed by atoms with Gasteiger partial charge in [-0.3, -0.25) is 4.90 Å². The summed E-state index contributed by atoms with van der Waals surface area (Å²) in [5.74, 6) is 0.924. The van der Waals surface area contributed by atoms with Crippen LogP contribution in [0.1, 0.15) is 24.3 Å². The molecule has 2 aromatic rings. The molecular weight excluding hydrogens is 282 g/mol. The molecule has 4 nitrogen and oxygen atoms in total. The van der Waals surface area contributed by atoms with Gasteiger partial charge in [-0.1, -0.05) is 30.3 Å². The van der Waals surface area contributed by atoms with Crippen LogP contribution in [-0.2, 0) is 6.54 Å². The Morgan fingerprint density at radius 2 is 2.05 bits per heavy atom. The maximum Gasteiger partial charge on any atom is 0.171 e. The van der Waals surface area contributed by atoms with Crippen molar-refractivity contribution in [1.82, 2.24) is 15.1 Å². The van der Waals surface area contributed by atoms with Crippen LogP contribution < -0.4 is 5.32 Å². The topological polar surface area (TPSA) is 31.6 Å². The lowest BCUT2D eigenvalue weighted by molar-refractivity contribution is 0.105.